The third kappa shape index (κ3) is 2.95. The Morgan fingerprint density at radius 1 is 1.35 bits per heavy atom. The molecule has 8 heteroatoms. The van der Waals surface area contributed by atoms with Crippen LogP contribution in [0.5, 0.6) is 0 Å². The second kappa shape index (κ2) is 5.82. The Balaban J connectivity index is 2.41. The van der Waals surface area contributed by atoms with E-state index in [4.69, 9.17) is 11.6 Å². The number of rotatable bonds is 5. The van der Waals surface area contributed by atoms with Crippen molar-refractivity contribution < 1.29 is 8.42 Å². The smallest absolute Gasteiger partial charge is 0.265 e. The lowest BCUT2D eigenvalue weighted by Crippen LogP contribution is -2.17. The second-order valence-corrected chi connectivity index (χ2v) is 6.27. The third-order valence-electron chi connectivity index (χ3n) is 2.69. The van der Waals surface area contributed by atoms with Crippen LogP contribution in [0.1, 0.15) is 11.4 Å². The molecular weight excluding hydrogens is 300 g/mol. The third-order valence-corrected chi connectivity index (χ3v) is 4.59. The quantitative estimate of drug-likeness (QED) is 0.786. The number of H-pyrrole nitrogens is 1. The van der Waals surface area contributed by atoms with Crippen molar-refractivity contribution in [2.24, 2.45) is 0 Å². The fourth-order valence-electron chi connectivity index (χ4n) is 1.85. The summed E-state index contributed by atoms with van der Waals surface area (Å²) in [6, 6.07) is 6.67. The van der Waals surface area contributed by atoms with E-state index in [-0.39, 0.29) is 4.90 Å². The molecule has 0 bridgehead atoms. The summed E-state index contributed by atoms with van der Waals surface area (Å²) in [6.45, 7) is 2.01. The molecule has 3 N–H and O–H groups in total. The van der Waals surface area contributed by atoms with E-state index in [0.717, 1.165) is 0 Å². The first-order valence-electron chi connectivity index (χ1n) is 5.91. The van der Waals surface area contributed by atoms with E-state index in [9.17, 15) is 8.42 Å². The van der Waals surface area contributed by atoms with Crippen molar-refractivity contribution in [1.29, 1.82) is 0 Å². The average molecular weight is 315 g/mol. The number of hydrogen-bond donors (Lipinski definition) is 3. The van der Waals surface area contributed by atoms with Crippen molar-refractivity contribution >= 4 is 27.3 Å². The summed E-state index contributed by atoms with van der Waals surface area (Å²) >= 11 is 5.97. The van der Waals surface area contributed by atoms with Gasteiger partial charge in [-0.05, 0) is 26.1 Å². The lowest BCUT2D eigenvalue weighted by Gasteiger charge is -2.10. The molecule has 2 aromatic rings. The number of aromatic amines is 1. The van der Waals surface area contributed by atoms with Crippen LogP contribution in [0.25, 0.3) is 0 Å². The van der Waals surface area contributed by atoms with Gasteiger partial charge in [0, 0.05) is 6.54 Å². The number of benzene rings is 1. The number of anilines is 1. The highest BCUT2D eigenvalue weighted by atomic mass is 35.5. The molecule has 6 nitrogen and oxygen atoms in total. The van der Waals surface area contributed by atoms with Crippen molar-refractivity contribution in [1.82, 2.24) is 15.5 Å². The largest absolute Gasteiger partial charge is 0.314 e. The first-order chi connectivity index (χ1) is 9.45. The Bertz CT molecular complexity index is 712. The van der Waals surface area contributed by atoms with Crippen molar-refractivity contribution in [2.75, 3.05) is 11.8 Å². The zero-order valence-electron chi connectivity index (χ0n) is 11.1. The van der Waals surface area contributed by atoms with Gasteiger partial charge < -0.3 is 5.32 Å². The molecule has 0 aliphatic heterocycles. The lowest BCUT2D eigenvalue weighted by atomic mass is 10.3. The number of nitrogens with zero attached hydrogens (tertiary/aromatic N) is 1. The van der Waals surface area contributed by atoms with E-state index in [0.29, 0.717) is 28.6 Å². The van der Waals surface area contributed by atoms with Crippen molar-refractivity contribution in [3.05, 3.63) is 40.7 Å². The molecule has 1 aromatic heterocycles. The fourth-order valence-corrected chi connectivity index (χ4v) is 3.54. The molecule has 1 heterocycles. The van der Waals surface area contributed by atoms with Gasteiger partial charge in [-0.15, -0.1) is 0 Å². The lowest BCUT2D eigenvalue weighted by molar-refractivity contribution is 0.598. The molecular formula is C12H15ClN4O2S. The van der Waals surface area contributed by atoms with Crippen molar-refractivity contribution in [2.45, 2.75) is 18.4 Å². The van der Waals surface area contributed by atoms with Crippen LogP contribution in [0.15, 0.2) is 29.2 Å². The molecule has 0 radical (unpaired) electrons. The summed E-state index contributed by atoms with van der Waals surface area (Å²) < 4.78 is 27.4. The maximum Gasteiger partial charge on any atom is 0.265 e. The summed E-state index contributed by atoms with van der Waals surface area (Å²) in [5.41, 5.74) is 1.25. The molecule has 1 aromatic carbocycles. The normalized spacial score (nSPS) is 11.6. The Hall–Kier alpha value is -1.57. The maximum atomic E-state index is 12.5. The van der Waals surface area contributed by atoms with Gasteiger partial charge in [-0.1, -0.05) is 23.7 Å². The zero-order valence-corrected chi connectivity index (χ0v) is 12.6. The van der Waals surface area contributed by atoms with E-state index < -0.39 is 10.0 Å². The number of para-hydroxylation sites is 1. The van der Waals surface area contributed by atoms with Gasteiger partial charge in [0.1, 0.15) is 4.90 Å². The molecule has 0 aliphatic carbocycles. The molecule has 0 saturated heterocycles. The highest BCUT2D eigenvalue weighted by molar-refractivity contribution is 7.92. The number of hydrogen-bond acceptors (Lipinski definition) is 4. The summed E-state index contributed by atoms with van der Waals surface area (Å²) in [7, 11) is -2.02. The highest BCUT2D eigenvalue weighted by Gasteiger charge is 2.24. The molecule has 0 atom stereocenters. The topological polar surface area (TPSA) is 86.9 Å². The van der Waals surface area contributed by atoms with E-state index in [2.05, 4.69) is 20.2 Å². The fraction of sp³-hybridized carbons (Fsp3) is 0.250. The number of sulfonamides is 1. The van der Waals surface area contributed by atoms with Gasteiger partial charge in [-0.2, -0.15) is 5.10 Å². The molecule has 2 rings (SSSR count). The molecule has 108 valence electrons. The van der Waals surface area contributed by atoms with Crippen molar-refractivity contribution in [3.63, 3.8) is 0 Å². The Morgan fingerprint density at radius 3 is 2.70 bits per heavy atom. The predicted octanol–water partition coefficient (Wildman–Crippen LogP) is 1.89. The van der Waals surface area contributed by atoms with E-state index in [1.54, 1.807) is 38.2 Å². The minimum atomic E-state index is -3.74. The summed E-state index contributed by atoms with van der Waals surface area (Å²) in [6.07, 6.45) is 0. The van der Waals surface area contributed by atoms with E-state index in [1.165, 1.54) is 0 Å². The minimum absolute atomic E-state index is 0.145. The summed E-state index contributed by atoms with van der Waals surface area (Å²) in [5.74, 6) is 0. The first-order valence-corrected chi connectivity index (χ1v) is 7.77. The molecule has 0 spiro atoms. The summed E-state index contributed by atoms with van der Waals surface area (Å²) in [4.78, 5) is 0.145. The molecule has 0 aliphatic rings. The standard InChI is InChI=1S/C12H15ClN4O2S/c1-8-12(11(7-14-2)16-15-8)20(18,19)17-10-6-4-3-5-9(10)13/h3-6,14,17H,7H2,1-2H3,(H,15,16). The van der Waals surface area contributed by atoms with Gasteiger partial charge in [-0.25, -0.2) is 8.42 Å². The van der Waals surface area contributed by atoms with Gasteiger partial charge in [0.05, 0.1) is 22.1 Å². The van der Waals surface area contributed by atoms with Crippen LogP contribution in [0, 0.1) is 6.92 Å². The Morgan fingerprint density at radius 2 is 2.05 bits per heavy atom. The number of aromatic nitrogens is 2. The van der Waals surface area contributed by atoms with Crippen LogP contribution in [0.3, 0.4) is 0 Å². The van der Waals surface area contributed by atoms with Crippen LogP contribution in [-0.4, -0.2) is 25.7 Å². The SMILES string of the molecule is CNCc1n[nH]c(C)c1S(=O)(=O)Nc1ccccc1Cl. The predicted molar refractivity (Wildman–Crippen MR) is 78.3 cm³/mol. The molecule has 0 fully saturated rings. The van der Waals surface area contributed by atoms with Crippen LogP contribution in [0.2, 0.25) is 5.02 Å². The monoisotopic (exact) mass is 314 g/mol. The Kier molecular flexibility index (Phi) is 4.32. The van der Waals surface area contributed by atoms with Gasteiger partial charge >= 0.3 is 0 Å². The number of halogens is 1. The molecule has 0 amide bonds. The minimum Gasteiger partial charge on any atom is -0.314 e. The van der Waals surface area contributed by atoms with Gasteiger partial charge in [0.2, 0.25) is 0 Å². The number of aryl methyl sites for hydroxylation is 1. The second-order valence-electron chi connectivity index (χ2n) is 4.24. The van der Waals surface area contributed by atoms with Gasteiger partial charge in [0.25, 0.3) is 10.0 Å². The van der Waals surface area contributed by atoms with Gasteiger partial charge in [-0.3, -0.25) is 9.82 Å². The highest BCUT2D eigenvalue weighted by Crippen LogP contribution is 2.26. The summed E-state index contributed by atoms with van der Waals surface area (Å²) in [5, 5.41) is 9.91. The van der Waals surface area contributed by atoms with Crippen LogP contribution in [0.4, 0.5) is 5.69 Å². The molecule has 0 unspecified atom stereocenters. The maximum absolute atomic E-state index is 12.5. The van der Waals surface area contributed by atoms with E-state index in [1.807, 2.05) is 0 Å². The molecule has 0 saturated carbocycles. The zero-order chi connectivity index (χ0) is 14.8. The average Bonchev–Trinajstić information content (AvgIpc) is 2.74. The van der Waals surface area contributed by atoms with Crippen molar-refractivity contribution in [3.8, 4) is 0 Å². The van der Waals surface area contributed by atoms with E-state index >= 15 is 0 Å². The van der Waals surface area contributed by atoms with Crippen LogP contribution < -0.4 is 10.0 Å². The number of nitrogens with one attached hydrogen (secondary N) is 3. The Labute approximate surface area is 122 Å². The van der Waals surface area contributed by atoms with Gasteiger partial charge in [0.15, 0.2) is 0 Å². The first kappa shape index (κ1) is 14.8. The van der Waals surface area contributed by atoms with Crippen LogP contribution in [-0.2, 0) is 16.6 Å². The van der Waals surface area contributed by atoms with Crippen LogP contribution >= 0.6 is 11.6 Å². The molecule has 20 heavy (non-hydrogen) atoms.